The van der Waals surface area contributed by atoms with Crippen LogP contribution >= 0.6 is 11.6 Å². The second-order valence-electron chi connectivity index (χ2n) is 11.6. The number of halogens is 1. The van der Waals surface area contributed by atoms with Gasteiger partial charge in [0.15, 0.2) is 0 Å². The fraction of sp³-hybridized carbons (Fsp3) is 0.278. The highest BCUT2D eigenvalue weighted by molar-refractivity contribution is 7.92. The van der Waals surface area contributed by atoms with Crippen LogP contribution in [0.5, 0.6) is 0 Å². The fourth-order valence-corrected chi connectivity index (χ4v) is 6.67. The summed E-state index contributed by atoms with van der Waals surface area (Å²) >= 11 is 6.55. The van der Waals surface area contributed by atoms with Gasteiger partial charge in [-0.3, -0.25) is 13.9 Å². The number of sulfonamides is 1. The van der Waals surface area contributed by atoms with Crippen LogP contribution in [0.1, 0.15) is 36.1 Å². The van der Waals surface area contributed by atoms with Crippen LogP contribution in [0.2, 0.25) is 5.02 Å². The lowest BCUT2D eigenvalue weighted by Crippen LogP contribution is -2.53. The first kappa shape index (κ1) is 33.7. The molecule has 4 aromatic rings. The third-order valence-corrected chi connectivity index (χ3v) is 9.66. The molecule has 236 valence electrons. The standard InChI is InChI=1S/C36H40ClN3O4S/c1-26(2)23-38-36(42)34(22-29-13-6-5-7-14-29)39(24-30-15-9-8-12-28(30)4)35(41)25-40(33-17-11-10-16-32(33)37)45(43,44)31-20-18-27(3)19-21-31/h5-21,26,34H,22-25H2,1-4H3,(H,38,42)/t34-/m1/s1. The Morgan fingerprint density at radius 1 is 0.822 bits per heavy atom. The zero-order chi connectivity index (χ0) is 32.6. The number of carbonyl (C=O) groups excluding carboxylic acids is 2. The third kappa shape index (κ3) is 8.74. The average molecular weight is 646 g/mol. The number of anilines is 1. The average Bonchev–Trinajstić information content (AvgIpc) is 3.02. The Labute approximate surface area is 271 Å². The molecule has 4 aromatic carbocycles. The second kappa shape index (κ2) is 15.2. The molecule has 0 spiro atoms. The second-order valence-corrected chi connectivity index (χ2v) is 13.8. The predicted octanol–water partition coefficient (Wildman–Crippen LogP) is 6.56. The minimum atomic E-state index is -4.23. The largest absolute Gasteiger partial charge is 0.354 e. The summed E-state index contributed by atoms with van der Waals surface area (Å²) < 4.78 is 29.4. The maximum atomic E-state index is 14.6. The van der Waals surface area contributed by atoms with Crippen LogP contribution in [0.15, 0.2) is 108 Å². The smallest absolute Gasteiger partial charge is 0.264 e. The summed E-state index contributed by atoms with van der Waals surface area (Å²) in [6.45, 7) is 7.80. The van der Waals surface area contributed by atoms with E-state index < -0.39 is 28.5 Å². The van der Waals surface area contributed by atoms with Crippen molar-refractivity contribution in [2.75, 3.05) is 17.4 Å². The Bertz CT molecular complexity index is 1710. The van der Waals surface area contributed by atoms with Crippen molar-refractivity contribution in [3.63, 3.8) is 0 Å². The molecule has 0 radical (unpaired) electrons. The summed E-state index contributed by atoms with van der Waals surface area (Å²) in [6, 6.07) is 29.2. The van der Waals surface area contributed by atoms with Gasteiger partial charge in [0.25, 0.3) is 10.0 Å². The number of benzene rings is 4. The molecule has 0 aliphatic rings. The van der Waals surface area contributed by atoms with Gasteiger partial charge in [0.2, 0.25) is 11.8 Å². The van der Waals surface area contributed by atoms with E-state index in [1.54, 1.807) is 36.4 Å². The van der Waals surface area contributed by atoms with Crippen molar-refractivity contribution >= 4 is 39.1 Å². The van der Waals surface area contributed by atoms with Gasteiger partial charge in [-0.05, 0) is 60.7 Å². The zero-order valence-corrected chi connectivity index (χ0v) is 27.7. The molecule has 0 saturated carbocycles. The van der Waals surface area contributed by atoms with Gasteiger partial charge in [-0.25, -0.2) is 8.42 Å². The van der Waals surface area contributed by atoms with Crippen molar-refractivity contribution in [2.45, 2.75) is 51.6 Å². The monoisotopic (exact) mass is 645 g/mol. The number of amides is 2. The van der Waals surface area contributed by atoms with E-state index >= 15 is 0 Å². The minimum Gasteiger partial charge on any atom is -0.354 e. The van der Waals surface area contributed by atoms with Crippen LogP contribution < -0.4 is 9.62 Å². The van der Waals surface area contributed by atoms with Gasteiger partial charge in [-0.1, -0.05) is 110 Å². The number of nitrogens with zero attached hydrogens (tertiary/aromatic N) is 2. The van der Waals surface area contributed by atoms with Crippen molar-refractivity contribution in [1.29, 1.82) is 0 Å². The molecule has 0 unspecified atom stereocenters. The molecule has 0 aliphatic heterocycles. The van der Waals surface area contributed by atoms with Gasteiger partial charge in [0.1, 0.15) is 12.6 Å². The molecule has 7 nitrogen and oxygen atoms in total. The van der Waals surface area contributed by atoms with E-state index in [4.69, 9.17) is 11.6 Å². The summed E-state index contributed by atoms with van der Waals surface area (Å²) in [6.07, 6.45) is 0.249. The molecular formula is C36H40ClN3O4S. The van der Waals surface area contributed by atoms with E-state index in [1.807, 2.05) is 82.3 Å². The first-order valence-electron chi connectivity index (χ1n) is 15.0. The number of carbonyl (C=O) groups is 2. The highest BCUT2D eigenvalue weighted by Gasteiger charge is 2.35. The van der Waals surface area contributed by atoms with Crippen molar-refractivity contribution in [3.8, 4) is 0 Å². The number of para-hydroxylation sites is 1. The maximum absolute atomic E-state index is 14.6. The molecule has 1 atom stereocenters. The van der Waals surface area contributed by atoms with Crippen molar-refractivity contribution < 1.29 is 18.0 Å². The minimum absolute atomic E-state index is 0.0294. The third-order valence-electron chi connectivity index (χ3n) is 7.57. The lowest BCUT2D eigenvalue weighted by atomic mass is 10.0. The van der Waals surface area contributed by atoms with E-state index in [0.29, 0.717) is 6.54 Å². The summed E-state index contributed by atoms with van der Waals surface area (Å²) in [5.41, 5.74) is 3.75. The molecule has 9 heteroatoms. The molecule has 0 aliphatic carbocycles. The van der Waals surface area contributed by atoms with Crippen LogP contribution in [-0.4, -0.2) is 44.3 Å². The van der Waals surface area contributed by atoms with E-state index in [0.717, 1.165) is 26.6 Å². The summed E-state index contributed by atoms with van der Waals surface area (Å²) in [4.78, 5) is 30.0. The van der Waals surface area contributed by atoms with Gasteiger partial charge in [0.05, 0.1) is 15.6 Å². The molecule has 0 saturated heterocycles. The molecule has 4 rings (SSSR count). The Balaban J connectivity index is 1.81. The molecule has 0 aromatic heterocycles. The Morgan fingerprint density at radius 2 is 1.44 bits per heavy atom. The van der Waals surface area contributed by atoms with E-state index in [2.05, 4.69) is 5.32 Å². The first-order valence-corrected chi connectivity index (χ1v) is 16.8. The van der Waals surface area contributed by atoms with Crippen LogP contribution in [-0.2, 0) is 32.6 Å². The molecule has 0 fully saturated rings. The Morgan fingerprint density at radius 3 is 2.09 bits per heavy atom. The quantitative estimate of drug-likeness (QED) is 0.178. The van der Waals surface area contributed by atoms with Crippen LogP contribution in [0, 0.1) is 19.8 Å². The SMILES string of the molecule is Cc1ccc(S(=O)(=O)N(CC(=O)N(Cc2ccccc2C)[C@H](Cc2ccccc2)C(=O)NCC(C)C)c2ccccc2Cl)cc1. The first-order chi connectivity index (χ1) is 21.5. The molecule has 45 heavy (non-hydrogen) atoms. The van der Waals surface area contributed by atoms with Crippen LogP contribution in [0.25, 0.3) is 0 Å². The number of hydrogen-bond acceptors (Lipinski definition) is 4. The van der Waals surface area contributed by atoms with Crippen LogP contribution in [0.3, 0.4) is 0 Å². The highest BCUT2D eigenvalue weighted by Crippen LogP contribution is 2.31. The molecule has 0 heterocycles. The van der Waals surface area contributed by atoms with Crippen molar-refractivity contribution in [1.82, 2.24) is 10.2 Å². The van der Waals surface area contributed by atoms with Gasteiger partial charge in [0, 0.05) is 19.5 Å². The molecule has 2 amide bonds. The van der Waals surface area contributed by atoms with Gasteiger partial charge >= 0.3 is 0 Å². The Hall–Kier alpha value is -4.14. The van der Waals surface area contributed by atoms with E-state index in [9.17, 15) is 18.0 Å². The van der Waals surface area contributed by atoms with Crippen molar-refractivity contribution in [3.05, 3.63) is 130 Å². The zero-order valence-electron chi connectivity index (χ0n) is 26.1. The number of nitrogens with one attached hydrogen (secondary N) is 1. The Kier molecular flexibility index (Phi) is 11.4. The van der Waals surface area contributed by atoms with Crippen molar-refractivity contribution in [2.24, 2.45) is 5.92 Å². The summed E-state index contributed by atoms with van der Waals surface area (Å²) in [5, 5.41) is 3.19. The highest BCUT2D eigenvalue weighted by atomic mass is 35.5. The number of rotatable bonds is 13. The van der Waals surface area contributed by atoms with Gasteiger partial charge in [-0.2, -0.15) is 0 Å². The van der Waals surface area contributed by atoms with E-state index in [-0.39, 0.29) is 40.4 Å². The van der Waals surface area contributed by atoms with Gasteiger partial charge in [-0.15, -0.1) is 0 Å². The van der Waals surface area contributed by atoms with Crippen LogP contribution in [0.4, 0.5) is 5.69 Å². The molecule has 0 bridgehead atoms. The number of aryl methyl sites for hydroxylation is 2. The van der Waals surface area contributed by atoms with E-state index in [1.165, 1.54) is 17.0 Å². The summed E-state index contributed by atoms with van der Waals surface area (Å²) in [5.74, 6) is -0.642. The lowest BCUT2D eigenvalue weighted by Gasteiger charge is -2.34. The molecular weight excluding hydrogens is 606 g/mol. The lowest BCUT2D eigenvalue weighted by molar-refractivity contribution is -0.140. The topological polar surface area (TPSA) is 86.8 Å². The van der Waals surface area contributed by atoms with Gasteiger partial charge < -0.3 is 10.2 Å². The number of hydrogen-bond donors (Lipinski definition) is 1. The molecule has 1 N–H and O–H groups in total. The normalized spacial score (nSPS) is 12.0. The predicted molar refractivity (Wildman–Crippen MR) is 181 cm³/mol. The fourth-order valence-electron chi connectivity index (χ4n) is 4.95. The maximum Gasteiger partial charge on any atom is 0.264 e. The summed E-state index contributed by atoms with van der Waals surface area (Å²) in [7, 11) is -4.23.